The van der Waals surface area contributed by atoms with E-state index >= 15 is 0 Å². The van der Waals surface area contributed by atoms with E-state index in [9.17, 15) is 10.1 Å². The third-order valence-corrected chi connectivity index (χ3v) is 2.08. The van der Waals surface area contributed by atoms with Crippen molar-refractivity contribution in [2.24, 2.45) is 0 Å². The minimum absolute atomic E-state index is 0.0147. The summed E-state index contributed by atoms with van der Waals surface area (Å²) in [6, 6.07) is 7.97. The van der Waals surface area contributed by atoms with Crippen molar-refractivity contribution < 1.29 is 4.92 Å². The van der Waals surface area contributed by atoms with Crippen LogP contribution in [0.5, 0.6) is 0 Å². The highest BCUT2D eigenvalue weighted by atomic mass is 16.6. The Bertz CT molecular complexity index is 599. The van der Waals surface area contributed by atoms with Gasteiger partial charge in [0.2, 0.25) is 0 Å². The van der Waals surface area contributed by atoms with Crippen LogP contribution in [0.15, 0.2) is 30.6 Å². The number of nitrogens with zero attached hydrogens (tertiary/aromatic N) is 5. The predicted molar refractivity (Wildman–Crippen MR) is 57.7 cm³/mol. The first-order valence-corrected chi connectivity index (χ1v) is 4.72. The van der Waals surface area contributed by atoms with Gasteiger partial charge in [0.15, 0.2) is 5.82 Å². The Hall–Kier alpha value is -2.75. The Morgan fingerprint density at radius 2 is 2.35 bits per heavy atom. The van der Waals surface area contributed by atoms with Gasteiger partial charge in [0, 0.05) is 17.7 Å². The molecule has 2 aromatic rings. The summed E-state index contributed by atoms with van der Waals surface area (Å²) in [5.41, 5.74) is 0.537. The number of nitro benzene ring substituents is 1. The number of rotatable bonds is 3. The summed E-state index contributed by atoms with van der Waals surface area (Å²) in [5, 5.41) is 23.1. The van der Waals surface area contributed by atoms with Crippen LogP contribution in [-0.4, -0.2) is 19.7 Å². The van der Waals surface area contributed by atoms with Crippen LogP contribution in [0.3, 0.4) is 0 Å². The van der Waals surface area contributed by atoms with E-state index in [1.54, 1.807) is 12.1 Å². The summed E-state index contributed by atoms with van der Waals surface area (Å²) in [4.78, 5) is 14.1. The van der Waals surface area contributed by atoms with Crippen LogP contribution in [0.4, 0.5) is 5.69 Å². The number of hydrogen-bond acceptors (Lipinski definition) is 5. The van der Waals surface area contributed by atoms with Crippen molar-refractivity contribution in [3.05, 3.63) is 40.7 Å². The molecule has 0 N–H and O–H groups in total. The number of hydrogen-bond donors (Lipinski definition) is 0. The fourth-order valence-corrected chi connectivity index (χ4v) is 1.33. The van der Waals surface area contributed by atoms with Crippen molar-refractivity contribution >= 4 is 5.69 Å². The van der Waals surface area contributed by atoms with E-state index in [4.69, 9.17) is 5.26 Å². The molecular weight excluding hydrogens is 222 g/mol. The summed E-state index contributed by atoms with van der Waals surface area (Å²) < 4.78 is 1.37. The Labute approximate surface area is 96.1 Å². The Morgan fingerprint density at radius 3 is 3.06 bits per heavy atom. The van der Waals surface area contributed by atoms with Gasteiger partial charge in [-0.05, 0) is 0 Å². The summed E-state index contributed by atoms with van der Waals surface area (Å²) >= 11 is 0. The lowest BCUT2D eigenvalue weighted by atomic mass is 10.2. The van der Waals surface area contributed by atoms with Crippen LogP contribution in [0.25, 0.3) is 11.4 Å². The normalized spacial score (nSPS) is 9.82. The number of nitro groups is 1. The molecule has 0 bridgehead atoms. The van der Waals surface area contributed by atoms with Crippen molar-refractivity contribution in [2.75, 3.05) is 0 Å². The van der Waals surface area contributed by atoms with Gasteiger partial charge >= 0.3 is 0 Å². The molecule has 0 atom stereocenters. The molecule has 0 radical (unpaired) electrons. The maximum absolute atomic E-state index is 10.6. The number of aromatic nitrogens is 3. The molecule has 0 aliphatic heterocycles. The average molecular weight is 229 g/mol. The molecule has 2 rings (SSSR count). The zero-order chi connectivity index (χ0) is 12.3. The second-order valence-corrected chi connectivity index (χ2v) is 3.23. The standard InChI is InChI=1S/C10H7N5O2/c11-4-5-14-7-12-10(13-14)8-2-1-3-9(6-8)15(16)17/h1-3,6-7H,5H2. The Balaban J connectivity index is 2.36. The molecule has 7 heteroatoms. The summed E-state index contributed by atoms with van der Waals surface area (Å²) in [6.45, 7) is 0.0991. The molecule has 0 aliphatic rings. The topological polar surface area (TPSA) is 97.6 Å². The van der Waals surface area contributed by atoms with Crippen LogP contribution >= 0.6 is 0 Å². The van der Waals surface area contributed by atoms with E-state index in [0.29, 0.717) is 11.4 Å². The first kappa shape index (κ1) is 10.8. The second-order valence-electron chi connectivity index (χ2n) is 3.23. The maximum Gasteiger partial charge on any atom is 0.270 e. The fourth-order valence-electron chi connectivity index (χ4n) is 1.33. The van der Waals surface area contributed by atoms with Gasteiger partial charge in [-0.25, -0.2) is 9.67 Å². The summed E-state index contributed by atoms with van der Waals surface area (Å²) in [6.07, 6.45) is 1.41. The van der Waals surface area contributed by atoms with Gasteiger partial charge in [-0.1, -0.05) is 12.1 Å². The van der Waals surface area contributed by atoms with Crippen LogP contribution < -0.4 is 0 Å². The first-order chi connectivity index (χ1) is 8.20. The quantitative estimate of drug-likeness (QED) is 0.584. The third kappa shape index (κ3) is 2.26. The largest absolute Gasteiger partial charge is 0.270 e. The Morgan fingerprint density at radius 1 is 1.53 bits per heavy atom. The monoisotopic (exact) mass is 229 g/mol. The molecule has 1 aromatic carbocycles. The molecule has 1 heterocycles. The molecular formula is C10H7N5O2. The molecule has 0 spiro atoms. The van der Waals surface area contributed by atoms with Crippen LogP contribution in [-0.2, 0) is 6.54 Å². The van der Waals surface area contributed by atoms with Gasteiger partial charge in [0.25, 0.3) is 5.69 Å². The van der Waals surface area contributed by atoms with Crippen molar-refractivity contribution in [3.8, 4) is 17.5 Å². The van der Waals surface area contributed by atoms with Crippen molar-refractivity contribution in [2.45, 2.75) is 6.54 Å². The SMILES string of the molecule is N#CCn1cnc(-c2cccc([N+](=O)[O-])c2)n1. The highest BCUT2D eigenvalue weighted by Gasteiger charge is 2.09. The second kappa shape index (κ2) is 4.40. The summed E-state index contributed by atoms with van der Waals surface area (Å²) in [7, 11) is 0. The van der Waals surface area contributed by atoms with Crippen LogP contribution in [0.1, 0.15) is 0 Å². The van der Waals surface area contributed by atoms with Crippen LogP contribution in [0, 0.1) is 21.4 Å². The highest BCUT2D eigenvalue weighted by Crippen LogP contribution is 2.20. The minimum atomic E-state index is -0.476. The zero-order valence-electron chi connectivity index (χ0n) is 8.65. The van der Waals surface area contributed by atoms with Gasteiger partial charge in [-0.15, -0.1) is 5.10 Å². The zero-order valence-corrected chi connectivity index (χ0v) is 8.65. The lowest BCUT2D eigenvalue weighted by Crippen LogP contribution is -1.95. The highest BCUT2D eigenvalue weighted by molar-refractivity contribution is 5.58. The number of nitriles is 1. The van der Waals surface area contributed by atoms with E-state index < -0.39 is 4.92 Å². The lowest BCUT2D eigenvalue weighted by Gasteiger charge is -1.95. The van der Waals surface area contributed by atoms with E-state index in [1.807, 2.05) is 6.07 Å². The third-order valence-electron chi connectivity index (χ3n) is 2.08. The molecule has 84 valence electrons. The van der Waals surface area contributed by atoms with Crippen molar-refractivity contribution in [3.63, 3.8) is 0 Å². The average Bonchev–Trinajstić information content (AvgIpc) is 2.78. The molecule has 0 aliphatic carbocycles. The van der Waals surface area contributed by atoms with Gasteiger partial charge < -0.3 is 0 Å². The first-order valence-electron chi connectivity index (χ1n) is 4.72. The number of non-ortho nitro benzene ring substituents is 1. The van der Waals surface area contributed by atoms with Gasteiger partial charge in [-0.3, -0.25) is 10.1 Å². The van der Waals surface area contributed by atoms with E-state index in [2.05, 4.69) is 10.1 Å². The molecule has 1 aromatic heterocycles. The van der Waals surface area contributed by atoms with Crippen LogP contribution in [0.2, 0.25) is 0 Å². The summed E-state index contributed by atoms with van der Waals surface area (Å²) in [5.74, 6) is 0.365. The van der Waals surface area contributed by atoms with Gasteiger partial charge in [-0.2, -0.15) is 5.26 Å². The van der Waals surface area contributed by atoms with Crippen molar-refractivity contribution in [1.29, 1.82) is 5.26 Å². The molecule has 0 unspecified atom stereocenters. The fraction of sp³-hybridized carbons (Fsp3) is 0.100. The van der Waals surface area contributed by atoms with Crippen molar-refractivity contribution in [1.82, 2.24) is 14.8 Å². The van der Waals surface area contributed by atoms with E-state index in [0.717, 1.165) is 0 Å². The molecule has 0 saturated carbocycles. The minimum Gasteiger partial charge on any atom is -0.258 e. The maximum atomic E-state index is 10.6. The molecule has 0 saturated heterocycles. The lowest BCUT2D eigenvalue weighted by molar-refractivity contribution is -0.384. The number of benzene rings is 1. The van der Waals surface area contributed by atoms with E-state index in [-0.39, 0.29) is 12.2 Å². The smallest absolute Gasteiger partial charge is 0.258 e. The van der Waals surface area contributed by atoms with Gasteiger partial charge in [0.05, 0.1) is 11.0 Å². The predicted octanol–water partition coefficient (Wildman–Crippen LogP) is 1.38. The van der Waals surface area contributed by atoms with E-state index in [1.165, 1.54) is 23.1 Å². The molecule has 17 heavy (non-hydrogen) atoms. The Kier molecular flexibility index (Phi) is 2.79. The molecule has 0 amide bonds. The molecule has 7 nitrogen and oxygen atoms in total. The molecule has 0 fully saturated rings. The van der Waals surface area contributed by atoms with Gasteiger partial charge in [0.1, 0.15) is 12.9 Å².